The maximum Gasteiger partial charge on any atom is 0.331 e. The summed E-state index contributed by atoms with van der Waals surface area (Å²) < 4.78 is 6.19. The zero-order valence-corrected chi connectivity index (χ0v) is 20.0. The van der Waals surface area contributed by atoms with Gasteiger partial charge in [-0.25, -0.2) is 14.4 Å². The third-order valence-electron chi connectivity index (χ3n) is 3.82. The Labute approximate surface area is 198 Å². The van der Waals surface area contributed by atoms with Crippen LogP contribution in [0.25, 0.3) is 0 Å². The molecule has 1 rings (SSSR count). The fraction of sp³-hybridized carbons (Fsp3) is 0.450. The molecule has 11 nitrogen and oxygen atoms in total. The van der Waals surface area contributed by atoms with E-state index in [4.69, 9.17) is 14.9 Å². The summed E-state index contributed by atoms with van der Waals surface area (Å²) in [5.41, 5.74) is -0.531. The van der Waals surface area contributed by atoms with Crippen molar-refractivity contribution in [2.24, 2.45) is 0 Å². The number of rotatable bonds is 10. The van der Waals surface area contributed by atoms with Crippen molar-refractivity contribution in [2.75, 3.05) is 6.54 Å². The van der Waals surface area contributed by atoms with Crippen LogP contribution in [0.2, 0.25) is 0 Å². The Morgan fingerprint density at radius 1 is 1.00 bits per heavy atom. The second-order valence-electron chi connectivity index (χ2n) is 7.74. The summed E-state index contributed by atoms with van der Waals surface area (Å²) in [6.45, 7) is 4.55. The van der Waals surface area contributed by atoms with Crippen LogP contribution in [0.3, 0.4) is 0 Å². The van der Waals surface area contributed by atoms with Gasteiger partial charge in [0.05, 0.1) is 0 Å². The first-order valence-electron chi connectivity index (χ1n) is 9.56. The van der Waals surface area contributed by atoms with Crippen molar-refractivity contribution in [2.45, 2.75) is 51.3 Å². The number of hydrogen-bond acceptors (Lipinski definition) is 6. The van der Waals surface area contributed by atoms with Gasteiger partial charge in [-0.3, -0.25) is 9.59 Å². The molecule has 0 heterocycles. The molecule has 176 valence electrons. The van der Waals surface area contributed by atoms with Gasteiger partial charge in [-0.2, -0.15) is 0 Å². The number of carbonyl (C=O) groups is 5. The number of nitrogens with one attached hydrogen (secondary N) is 3. The van der Waals surface area contributed by atoms with Crippen LogP contribution >= 0.6 is 22.6 Å². The molecule has 3 amide bonds. The topological polar surface area (TPSA) is 171 Å². The van der Waals surface area contributed by atoms with E-state index in [9.17, 15) is 24.0 Å². The highest BCUT2D eigenvalue weighted by Gasteiger charge is 2.29. The number of urea groups is 1. The van der Waals surface area contributed by atoms with E-state index in [1.165, 1.54) is 0 Å². The lowest BCUT2D eigenvalue weighted by Crippen LogP contribution is -2.55. The molecular formula is C20H26IN3O8. The van der Waals surface area contributed by atoms with Crippen molar-refractivity contribution in [1.29, 1.82) is 0 Å². The summed E-state index contributed by atoms with van der Waals surface area (Å²) in [5, 5.41) is 24.8. The molecule has 32 heavy (non-hydrogen) atoms. The Balaban J connectivity index is 2.86. The van der Waals surface area contributed by atoms with Gasteiger partial charge in [0, 0.05) is 22.1 Å². The van der Waals surface area contributed by atoms with Crippen LogP contribution in [0.5, 0.6) is 0 Å². The van der Waals surface area contributed by atoms with Gasteiger partial charge in [0.1, 0.15) is 17.7 Å². The number of carboxylic acids is 2. The molecule has 0 aromatic heterocycles. The largest absolute Gasteiger partial charge is 0.481 e. The molecule has 12 heteroatoms. The van der Waals surface area contributed by atoms with Crippen LogP contribution in [0.4, 0.5) is 4.79 Å². The zero-order chi connectivity index (χ0) is 24.5. The second-order valence-corrected chi connectivity index (χ2v) is 8.99. The molecule has 1 aromatic carbocycles. The third kappa shape index (κ3) is 10.4. The van der Waals surface area contributed by atoms with Gasteiger partial charge in [-0.05, 0) is 74.0 Å². The highest BCUT2D eigenvalue weighted by molar-refractivity contribution is 14.1. The van der Waals surface area contributed by atoms with E-state index >= 15 is 0 Å². The minimum absolute atomic E-state index is 0.319. The summed E-state index contributed by atoms with van der Waals surface area (Å²) in [6.07, 6.45) is -0.822. The van der Waals surface area contributed by atoms with E-state index in [1.54, 1.807) is 45.0 Å². The Bertz CT molecular complexity index is 851. The summed E-state index contributed by atoms with van der Waals surface area (Å²) in [7, 11) is 0. The predicted molar refractivity (Wildman–Crippen MR) is 121 cm³/mol. The number of amides is 3. The standard InChI is InChI=1S/C20H26IN3O8/c1-20(2,3)32-18(30)14(10-22-16(27)11-4-6-12(21)7-5-11)24-19(31)23-13(17(28)29)8-9-15(25)26/h4-7,13-14H,8-10H2,1-3H3,(H,22,27)(H,25,26)(H,28,29)(H2,23,24,31)/t13-,14-/m1/s1. The molecule has 0 unspecified atom stereocenters. The van der Waals surface area contributed by atoms with Gasteiger partial charge in [-0.1, -0.05) is 0 Å². The molecule has 5 N–H and O–H groups in total. The lowest BCUT2D eigenvalue weighted by Gasteiger charge is -2.25. The van der Waals surface area contributed by atoms with Crippen LogP contribution in [0, 0.1) is 3.57 Å². The minimum Gasteiger partial charge on any atom is -0.481 e. The van der Waals surface area contributed by atoms with Crippen molar-refractivity contribution < 1.29 is 38.9 Å². The molecule has 0 radical (unpaired) electrons. The average molecular weight is 563 g/mol. The lowest BCUT2D eigenvalue weighted by atomic mass is 10.1. The van der Waals surface area contributed by atoms with Gasteiger partial charge >= 0.3 is 23.9 Å². The third-order valence-corrected chi connectivity index (χ3v) is 4.54. The van der Waals surface area contributed by atoms with Gasteiger partial charge in [0.2, 0.25) is 0 Å². The smallest absolute Gasteiger partial charge is 0.331 e. The highest BCUT2D eigenvalue weighted by atomic mass is 127. The van der Waals surface area contributed by atoms with E-state index in [0.717, 1.165) is 3.57 Å². The fourth-order valence-corrected chi connectivity index (χ4v) is 2.71. The van der Waals surface area contributed by atoms with Crippen molar-refractivity contribution in [1.82, 2.24) is 16.0 Å². The number of halogens is 1. The van der Waals surface area contributed by atoms with Crippen LogP contribution < -0.4 is 16.0 Å². The number of carboxylic acid groups (broad SMARTS) is 2. The van der Waals surface area contributed by atoms with Gasteiger partial charge in [0.25, 0.3) is 5.91 Å². The Morgan fingerprint density at radius 2 is 1.56 bits per heavy atom. The summed E-state index contributed by atoms with van der Waals surface area (Å²) >= 11 is 2.09. The van der Waals surface area contributed by atoms with Gasteiger partial charge < -0.3 is 30.9 Å². The number of carbonyl (C=O) groups excluding carboxylic acids is 3. The number of aliphatic carboxylic acids is 2. The van der Waals surface area contributed by atoms with E-state index in [0.29, 0.717) is 5.56 Å². The van der Waals surface area contributed by atoms with Crippen molar-refractivity contribution in [3.8, 4) is 0 Å². The average Bonchev–Trinajstić information content (AvgIpc) is 2.66. The molecule has 0 fully saturated rings. The normalized spacial score (nSPS) is 12.8. The van der Waals surface area contributed by atoms with E-state index in [1.807, 2.05) is 0 Å². The molecule has 0 aliphatic carbocycles. The number of benzene rings is 1. The lowest BCUT2D eigenvalue weighted by molar-refractivity contribution is -0.157. The van der Waals surface area contributed by atoms with Crippen LogP contribution in [-0.4, -0.2) is 64.3 Å². The number of esters is 1. The Hall–Kier alpha value is -2.90. The van der Waals surface area contributed by atoms with Crippen LogP contribution in [0.1, 0.15) is 44.0 Å². The molecule has 0 spiro atoms. The van der Waals surface area contributed by atoms with E-state index in [2.05, 4.69) is 38.5 Å². The zero-order valence-electron chi connectivity index (χ0n) is 17.8. The molecule has 1 aromatic rings. The van der Waals surface area contributed by atoms with Crippen molar-refractivity contribution >= 4 is 52.4 Å². The van der Waals surface area contributed by atoms with E-state index < -0.39 is 54.0 Å². The minimum atomic E-state index is -1.48. The molecular weight excluding hydrogens is 537 g/mol. The molecule has 0 saturated carbocycles. The number of ether oxygens (including phenoxy) is 1. The molecule has 0 bridgehead atoms. The fourth-order valence-electron chi connectivity index (χ4n) is 2.35. The predicted octanol–water partition coefficient (Wildman–Crippen LogP) is 1.35. The van der Waals surface area contributed by atoms with Crippen LogP contribution in [0.15, 0.2) is 24.3 Å². The summed E-state index contributed by atoms with van der Waals surface area (Å²) in [6, 6.07) is 2.83. The van der Waals surface area contributed by atoms with Gasteiger partial charge in [-0.15, -0.1) is 0 Å². The molecule has 0 saturated heterocycles. The highest BCUT2D eigenvalue weighted by Crippen LogP contribution is 2.09. The Morgan fingerprint density at radius 3 is 2.06 bits per heavy atom. The number of hydrogen-bond donors (Lipinski definition) is 5. The first-order chi connectivity index (χ1) is 14.8. The van der Waals surface area contributed by atoms with Crippen molar-refractivity contribution in [3.05, 3.63) is 33.4 Å². The molecule has 0 aliphatic heterocycles. The first kappa shape index (κ1) is 27.1. The maximum absolute atomic E-state index is 12.5. The first-order valence-corrected chi connectivity index (χ1v) is 10.6. The monoisotopic (exact) mass is 563 g/mol. The Kier molecular flexibility index (Phi) is 10.4. The van der Waals surface area contributed by atoms with Crippen molar-refractivity contribution in [3.63, 3.8) is 0 Å². The molecule has 0 aliphatic rings. The van der Waals surface area contributed by atoms with E-state index in [-0.39, 0.29) is 13.0 Å². The van der Waals surface area contributed by atoms with Crippen LogP contribution in [-0.2, 0) is 19.1 Å². The maximum atomic E-state index is 12.5. The summed E-state index contributed by atoms with van der Waals surface area (Å²) in [5.74, 6) is -3.97. The van der Waals surface area contributed by atoms with Gasteiger partial charge in [0.15, 0.2) is 0 Å². The SMILES string of the molecule is CC(C)(C)OC(=O)[C@@H](CNC(=O)c1ccc(I)cc1)NC(=O)N[C@H](CCC(=O)O)C(=O)O. The summed E-state index contributed by atoms with van der Waals surface area (Å²) in [4.78, 5) is 59.1. The molecule has 2 atom stereocenters. The second kappa shape index (κ2) is 12.2. The quantitative estimate of drug-likeness (QED) is 0.210.